The van der Waals surface area contributed by atoms with Crippen LogP contribution in [0.3, 0.4) is 0 Å². The number of carbonyl (C=O) groups excluding carboxylic acids is 4. The predicted molar refractivity (Wildman–Crippen MR) is 435 cm³/mol. The first-order valence-corrected chi connectivity index (χ1v) is 46.6. The molecular weight excluding hydrogens is 1480 g/mol. The van der Waals surface area contributed by atoms with Crippen molar-refractivity contribution in [2.45, 2.75) is 479 Å². The molecule has 1 aliphatic carbocycles. The predicted octanol–water partition coefficient (Wildman–Crippen LogP) is 15.8. The van der Waals surface area contributed by atoms with E-state index in [1.165, 1.54) is 161 Å². The molecule has 0 amide bonds. The van der Waals surface area contributed by atoms with Crippen LogP contribution < -0.4 is 0 Å². The third-order valence-electron chi connectivity index (χ3n) is 21.9. The Morgan fingerprint density at radius 3 is 1.06 bits per heavy atom. The third-order valence-corrected chi connectivity index (χ3v) is 22.9. The number of hydrogen-bond acceptors (Lipinski definition) is 24. The van der Waals surface area contributed by atoms with E-state index < -0.39 is 162 Å². The summed E-state index contributed by atoms with van der Waals surface area (Å²) >= 11 is 0. The number of allylic oxidation sites excluding steroid dienone is 4. The van der Waals surface area contributed by atoms with E-state index in [1.54, 1.807) is 0 Å². The van der Waals surface area contributed by atoms with Gasteiger partial charge in [-0.25, -0.2) is 4.57 Å². The summed E-state index contributed by atoms with van der Waals surface area (Å²) in [7, 11) is -5.80. The second kappa shape index (κ2) is 66.7. The number of hydrogen-bond donors (Lipinski definition) is 10. The van der Waals surface area contributed by atoms with Gasteiger partial charge >= 0.3 is 31.7 Å². The molecule has 3 fully saturated rings. The van der Waals surface area contributed by atoms with Crippen LogP contribution in [0.5, 0.6) is 0 Å². The van der Waals surface area contributed by atoms with Crippen LogP contribution in [0.1, 0.15) is 374 Å². The highest BCUT2D eigenvalue weighted by Gasteiger charge is 2.60. The maximum atomic E-state index is 14.9. The average molecular weight is 1640 g/mol. The van der Waals surface area contributed by atoms with Crippen molar-refractivity contribution in [3.8, 4) is 0 Å². The van der Waals surface area contributed by atoms with Gasteiger partial charge in [0.2, 0.25) is 0 Å². The number of rotatable bonds is 72. The minimum Gasteiger partial charge on any atom is -0.463 e. The lowest BCUT2D eigenvalue weighted by Gasteiger charge is -2.50. The number of unbranched alkanes of at least 4 members (excludes halogenated alkanes) is 44. The van der Waals surface area contributed by atoms with Gasteiger partial charge in [0.25, 0.3) is 0 Å². The summed E-state index contributed by atoms with van der Waals surface area (Å²) < 4.78 is 73.2. The Morgan fingerprint density at radius 1 is 0.345 bits per heavy atom. The number of carbonyl (C=O) groups is 4. The third kappa shape index (κ3) is 47.5. The standard InChI is InChI=1S/C87H159O25P/c1-5-9-13-17-21-25-29-33-34-38-40-43-47-51-55-59-70(89)103-64-67(106-72(91)61-57-53-49-45-41-36-31-27-23-19-15-11-7-3)65-105-113(101,102)112-85-83(110-86-80(99)76(95)74(93)68(63-88)107-86)79(98)78(97)82(109-73(92)62-58-54-50-46-42-37-32-28-24-20-16-12-8-4)84(85)111-87-81(100)77(96)75(94)69(108-87)66-104-71(90)60-56-52-48-44-39-35-30-26-22-18-14-10-6-2/h35,37,39,42,67-69,74-88,93-100H,5-34,36,38,40-41,43-66H2,1-4H3,(H,101,102)/b39-35-,42-37-. The molecule has 0 aromatic carbocycles. The molecule has 3 rings (SSSR count). The Morgan fingerprint density at radius 2 is 0.664 bits per heavy atom. The Bertz CT molecular complexity index is 2460. The van der Waals surface area contributed by atoms with Gasteiger partial charge in [0.1, 0.15) is 92.6 Å². The van der Waals surface area contributed by atoms with Crippen LogP contribution in [0.15, 0.2) is 24.3 Å². The van der Waals surface area contributed by atoms with Crippen molar-refractivity contribution in [3.63, 3.8) is 0 Å². The second-order valence-electron chi connectivity index (χ2n) is 32.1. The molecule has 0 aromatic heterocycles. The molecule has 2 aliphatic heterocycles. The molecule has 2 heterocycles. The van der Waals surface area contributed by atoms with Crippen molar-refractivity contribution in [2.24, 2.45) is 0 Å². The molecule has 662 valence electrons. The lowest BCUT2D eigenvalue weighted by atomic mass is 9.84. The highest BCUT2D eigenvalue weighted by Crippen LogP contribution is 2.49. The van der Waals surface area contributed by atoms with Crippen LogP contribution in [0, 0.1) is 0 Å². The van der Waals surface area contributed by atoms with Crippen molar-refractivity contribution in [1.82, 2.24) is 0 Å². The van der Waals surface area contributed by atoms with Crippen LogP contribution in [-0.2, 0) is 70.7 Å². The highest BCUT2D eigenvalue weighted by atomic mass is 31.2. The fourth-order valence-electron chi connectivity index (χ4n) is 14.7. The lowest BCUT2D eigenvalue weighted by Crippen LogP contribution is -2.70. The number of phosphoric acid groups is 1. The normalized spacial score (nSPS) is 25.6. The molecule has 18 atom stereocenters. The van der Waals surface area contributed by atoms with Gasteiger partial charge < -0.3 is 88.7 Å². The van der Waals surface area contributed by atoms with Gasteiger partial charge in [-0.2, -0.15) is 0 Å². The number of ether oxygens (including phenoxy) is 8. The highest BCUT2D eigenvalue weighted by molar-refractivity contribution is 7.47. The smallest absolute Gasteiger partial charge is 0.463 e. The molecule has 10 N–H and O–H groups in total. The molecule has 1 saturated carbocycles. The largest absolute Gasteiger partial charge is 0.472 e. The average Bonchev–Trinajstić information content (AvgIpc) is 0.754. The molecule has 18 unspecified atom stereocenters. The Balaban J connectivity index is 1.94. The van der Waals surface area contributed by atoms with E-state index in [0.717, 1.165) is 116 Å². The van der Waals surface area contributed by atoms with E-state index in [1.807, 2.05) is 0 Å². The number of esters is 4. The summed E-state index contributed by atoms with van der Waals surface area (Å²) in [6.07, 6.45) is 24.9. The second-order valence-corrected chi connectivity index (χ2v) is 33.5. The van der Waals surface area contributed by atoms with Crippen LogP contribution in [0.2, 0.25) is 0 Å². The first kappa shape index (κ1) is 104. The van der Waals surface area contributed by atoms with Crippen molar-refractivity contribution < 1.29 is 122 Å². The Kier molecular flexibility index (Phi) is 61.5. The van der Waals surface area contributed by atoms with Crippen molar-refractivity contribution in [3.05, 3.63) is 24.3 Å². The lowest BCUT2D eigenvalue weighted by molar-refractivity contribution is -0.360. The fraction of sp³-hybridized carbons (Fsp3) is 0.908. The molecule has 113 heavy (non-hydrogen) atoms. The number of phosphoric ester groups is 1. The van der Waals surface area contributed by atoms with Crippen LogP contribution in [-0.4, -0.2) is 205 Å². The first-order chi connectivity index (χ1) is 54.7. The molecule has 0 radical (unpaired) electrons. The van der Waals surface area contributed by atoms with Gasteiger partial charge in [0, 0.05) is 25.7 Å². The van der Waals surface area contributed by atoms with E-state index in [0.29, 0.717) is 38.5 Å². The van der Waals surface area contributed by atoms with E-state index in [4.69, 9.17) is 46.9 Å². The summed E-state index contributed by atoms with van der Waals surface area (Å²) in [5, 5.41) is 102. The Labute approximate surface area is 679 Å². The molecular formula is C87H159O25P. The molecule has 0 aromatic rings. The maximum absolute atomic E-state index is 14.9. The SMILES string of the molecule is CCCCCCCC/C=C\CCCCCC(=O)OCC1OC(OC2C(OC(=O)CCCCC/C=C\CCCCCCCC)C(O)C(O)C(OC3OC(CO)C(O)C(O)C3O)C2OP(=O)(O)OCC(COC(=O)CCCCCCCCCCCCCCCCC)OC(=O)CCCCCCCCCCCCCCC)C(O)C(O)C1O. The quantitative estimate of drug-likeness (QED) is 0.00889. The van der Waals surface area contributed by atoms with Gasteiger partial charge in [-0.3, -0.25) is 28.2 Å². The maximum Gasteiger partial charge on any atom is 0.472 e. The van der Waals surface area contributed by atoms with E-state index in [2.05, 4.69) is 52.0 Å². The van der Waals surface area contributed by atoms with Crippen LogP contribution in [0.25, 0.3) is 0 Å². The van der Waals surface area contributed by atoms with Gasteiger partial charge in [-0.15, -0.1) is 0 Å². The molecule has 2 saturated heterocycles. The fourth-order valence-corrected chi connectivity index (χ4v) is 15.7. The van der Waals surface area contributed by atoms with Crippen molar-refractivity contribution in [2.75, 3.05) is 26.4 Å². The van der Waals surface area contributed by atoms with Crippen molar-refractivity contribution in [1.29, 1.82) is 0 Å². The summed E-state index contributed by atoms with van der Waals surface area (Å²) in [6, 6.07) is 0. The molecule has 3 aliphatic rings. The van der Waals surface area contributed by atoms with E-state index in [-0.39, 0.29) is 32.1 Å². The van der Waals surface area contributed by atoms with Gasteiger partial charge in [-0.05, 0) is 77.0 Å². The van der Waals surface area contributed by atoms with E-state index in [9.17, 15) is 74.6 Å². The minimum absolute atomic E-state index is 0.00729. The zero-order chi connectivity index (χ0) is 82.5. The van der Waals surface area contributed by atoms with Gasteiger partial charge in [-0.1, -0.05) is 296 Å². The monoisotopic (exact) mass is 1640 g/mol. The zero-order valence-electron chi connectivity index (χ0n) is 70.2. The topological polar surface area (TPSA) is 380 Å². The number of aliphatic hydroxyl groups is 9. The van der Waals surface area contributed by atoms with Gasteiger partial charge in [0.15, 0.2) is 24.8 Å². The van der Waals surface area contributed by atoms with Gasteiger partial charge in [0.05, 0.1) is 13.2 Å². The summed E-state index contributed by atoms with van der Waals surface area (Å²) in [4.78, 5) is 66.3. The van der Waals surface area contributed by atoms with Crippen LogP contribution in [0.4, 0.5) is 0 Å². The molecule has 26 heteroatoms. The summed E-state index contributed by atoms with van der Waals surface area (Å²) in [5.74, 6) is -3.00. The molecule has 0 bridgehead atoms. The summed E-state index contributed by atoms with van der Waals surface area (Å²) in [6.45, 7) is 5.54. The van der Waals surface area contributed by atoms with Crippen LogP contribution >= 0.6 is 7.82 Å². The summed E-state index contributed by atoms with van der Waals surface area (Å²) in [5.41, 5.74) is 0. The van der Waals surface area contributed by atoms with E-state index >= 15 is 0 Å². The molecule has 25 nitrogen and oxygen atoms in total. The number of aliphatic hydroxyl groups excluding tert-OH is 9. The molecule has 0 spiro atoms. The zero-order valence-corrected chi connectivity index (χ0v) is 71.1. The Hall–Kier alpha value is -3.05. The van der Waals surface area contributed by atoms with Crippen molar-refractivity contribution >= 4 is 31.7 Å². The first-order valence-electron chi connectivity index (χ1n) is 45.1. The minimum atomic E-state index is -5.80.